The van der Waals surface area contributed by atoms with Gasteiger partial charge in [-0.1, -0.05) is 12.1 Å². The highest BCUT2D eigenvalue weighted by Crippen LogP contribution is 2.55. The molecular formula is C26H28N6O5. The van der Waals surface area contributed by atoms with Crippen LogP contribution >= 0.6 is 0 Å². The summed E-state index contributed by atoms with van der Waals surface area (Å²) in [5.41, 5.74) is 9.83. The lowest BCUT2D eigenvalue weighted by Gasteiger charge is -2.45. The molecule has 192 valence electrons. The van der Waals surface area contributed by atoms with E-state index in [1.807, 2.05) is 12.1 Å². The van der Waals surface area contributed by atoms with Crippen molar-refractivity contribution in [3.8, 4) is 29.7 Å². The Labute approximate surface area is 215 Å². The molecule has 2 atom stereocenters. The van der Waals surface area contributed by atoms with E-state index >= 15 is 0 Å². The van der Waals surface area contributed by atoms with Gasteiger partial charge in [-0.2, -0.15) is 15.8 Å². The summed E-state index contributed by atoms with van der Waals surface area (Å²) in [7, 11) is 1.40. The van der Waals surface area contributed by atoms with E-state index in [0.29, 0.717) is 11.1 Å². The smallest absolute Gasteiger partial charge is 0.410 e. The van der Waals surface area contributed by atoms with Crippen molar-refractivity contribution in [3.05, 3.63) is 46.7 Å². The molecule has 3 rings (SSSR count). The molecule has 4 N–H and O–H groups in total. The van der Waals surface area contributed by atoms with Gasteiger partial charge >= 0.3 is 6.09 Å². The Kier molecular flexibility index (Phi) is 7.36. The number of benzene rings is 1. The van der Waals surface area contributed by atoms with Crippen LogP contribution in [0.25, 0.3) is 0 Å². The molecular weight excluding hydrogens is 476 g/mol. The monoisotopic (exact) mass is 504 g/mol. The largest absolute Gasteiger partial charge is 0.493 e. The summed E-state index contributed by atoms with van der Waals surface area (Å²) in [6.45, 7) is 5.13. The van der Waals surface area contributed by atoms with Crippen LogP contribution in [-0.2, 0) is 9.53 Å². The number of hydrogen-bond acceptors (Lipinski definition) is 9. The molecule has 0 bridgehead atoms. The maximum Gasteiger partial charge on any atom is 0.410 e. The van der Waals surface area contributed by atoms with Crippen LogP contribution in [-0.4, -0.2) is 49.3 Å². The summed E-state index contributed by atoms with van der Waals surface area (Å²) in [5, 5.41) is 30.5. The summed E-state index contributed by atoms with van der Waals surface area (Å²) in [6, 6.07) is 10.9. The SMILES string of the molecule is COc1cc(C2C3CN(C(=O)OC(C)(C)C)CC=C3C(C#N)=C(N)C2(C#N)C#N)ccc1OCC(N)=O. The summed E-state index contributed by atoms with van der Waals surface area (Å²) in [4.78, 5) is 25.5. The Bertz CT molecular complexity index is 1290. The van der Waals surface area contributed by atoms with Crippen LogP contribution in [0.2, 0.25) is 0 Å². The van der Waals surface area contributed by atoms with Crippen molar-refractivity contribution in [1.29, 1.82) is 15.8 Å². The predicted molar refractivity (Wildman–Crippen MR) is 130 cm³/mol. The van der Waals surface area contributed by atoms with Crippen molar-refractivity contribution < 1.29 is 23.8 Å². The molecule has 2 unspecified atom stereocenters. The number of hydrogen-bond donors (Lipinski definition) is 2. The van der Waals surface area contributed by atoms with Crippen LogP contribution in [0.4, 0.5) is 4.79 Å². The first kappa shape index (κ1) is 26.9. The van der Waals surface area contributed by atoms with Crippen molar-refractivity contribution in [2.45, 2.75) is 32.3 Å². The molecule has 0 saturated heterocycles. The van der Waals surface area contributed by atoms with Gasteiger partial charge < -0.3 is 30.6 Å². The lowest BCUT2D eigenvalue weighted by molar-refractivity contribution is -0.119. The maximum absolute atomic E-state index is 12.9. The third-order valence-electron chi connectivity index (χ3n) is 6.23. The van der Waals surface area contributed by atoms with Gasteiger partial charge in [0, 0.05) is 24.9 Å². The van der Waals surface area contributed by atoms with Gasteiger partial charge in [0.1, 0.15) is 11.7 Å². The highest BCUT2D eigenvalue weighted by molar-refractivity contribution is 5.75. The molecule has 2 amide bonds. The average molecular weight is 505 g/mol. The third kappa shape index (κ3) is 5.00. The number of nitrogens with two attached hydrogens (primary N) is 2. The van der Waals surface area contributed by atoms with Crippen molar-refractivity contribution in [2.24, 2.45) is 22.8 Å². The number of amides is 2. The van der Waals surface area contributed by atoms with E-state index in [1.54, 1.807) is 39.0 Å². The molecule has 0 saturated carbocycles. The van der Waals surface area contributed by atoms with Gasteiger partial charge in [-0.15, -0.1) is 0 Å². The summed E-state index contributed by atoms with van der Waals surface area (Å²) < 4.78 is 16.4. The van der Waals surface area contributed by atoms with Crippen LogP contribution in [0.3, 0.4) is 0 Å². The molecule has 0 fully saturated rings. The lowest BCUT2D eigenvalue weighted by atomic mass is 9.58. The van der Waals surface area contributed by atoms with Crippen molar-refractivity contribution >= 4 is 12.0 Å². The molecule has 2 aliphatic rings. The number of nitrogens with zero attached hydrogens (tertiary/aromatic N) is 4. The van der Waals surface area contributed by atoms with Crippen molar-refractivity contribution in [1.82, 2.24) is 4.90 Å². The molecule has 1 aromatic carbocycles. The van der Waals surface area contributed by atoms with Crippen LogP contribution in [0.15, 0.2) is 41.1 Å². The first-order chi connectivity index (χ1) is 17.4. The zero-order valence-corrected chi connectivity index (χ0v) is 21.1. The zero-order valence-electron chi connectivity index (χ0n) is 21.1. The van der Waals surface area contributed by atoms with Gasteiger partial charge in [-0.05, 0) is 44.0 Å². The summed E-state index contributed by atoms with van der Waals surface area (Å²) >= 11 is 0. The van der Waals surface area contributed by atoms with E-state index in [-0.39, 0.29) is 42.5 Å². The van der Waals surface area contributed by atoms with Gasteiger partial charge in [-0.25, -0.2) is 4.79 Å². The zero-order chi connectivity index (χ0) is 27.5. The van der Waals surface area contributed by atoms with Gasteiger partial charge in [-0.3, -0.25) is 4.79 Å². The van der Waals surface area contributed by atoms with E-state index in [9.17, 15) is 25.4 Å². The van der Waals surface area contributed by atoms with Gasteiger partial charge in [0.2, 0.25) is 0 Å². The molecule has 11 nitrogen and oxygen atoms in total. The Hall–Kier alpha value is -4.69. The molecule has 0 aromatic heterocycles. The quantitative estimate of drug-likeness (QED) is 0.605. The number of carbonyl (C=O) groups excluding carboxylic acids is 2. The molecule has 1 heterocycles. The van der Waals surface area contributed by atoms with E-state index in [4.69, 9.17) is 25.7 Å². The number of methoxy groups -OCH3 is 1. The highest BCUT2D eigenvalue weighted by atomic mass is 16.6. The number of fused-ring (bicyclic) bond motifs is 1. The molecule has 1 aromatic rings. The standard InChI is InChI=1S/C26H28N6O5/c1-25(2,3)37-24(34)32-8-7-16-17(10-27)23(31)26(13-28,14-29)22(18(16)11-32)15-5-6-19(20(9-15)35-4)36-12-21(30)33/h5-7,9,18,22H,8,11-12,31H2,1-4H3,(H2,30,33). The number of allylic oxidation sites excluding steroid dienone is 2. The van der Waals surface area contributed by atoms with Crippen LogP contribution < -0.4 is 20.9 Å². The number of nitriles is 3. The minimum Gasteiger partial charge on any atom is -0.493 e. The fourth-order valence-electron chi connectivity index (χ4n) is 4.68. The second kappa shape index (κ2) is 10.1. The van der Waals surface area contributed by atoms with Gasteiger partial charge in [0.15, 0.2) is 23.5 Å². The Morgan fingerprint density at radius 1 is 1.19 bits per heavy atom. The predicted octanol–water partition coefficient (Wildman–Crippen LogP) is 2.22. The maximum atomic E-state index is 12.9. The van der Waals surface area contributed by atoms with Crippen LogP contribution in [0, 0.1) is 45.3 Å². The Morgan fingerprint density at radius 2 is 1.86 bits per heavy atom. The molecule has 1 aliphatic carbocycles. The normalized spacial score (nSPS) is 20.4. The minimum absolute atomic E-state index is 0.0570. The van der Waals surface area contributed by atoms with Crippen LogP contribution in [0.1, 0.15) is 32.3 Å². The number of ether oxygens (including phenoxy) is 3. The van der Waals surface area contributed by atoms with E-state index in [0.717, 1.165) is 0 Å². The summed E-state index contributed by atoms with van der Waals surface area (Å²) in [5.74, 6) is -1.72. The summed E-state index contributed by atoms with van der Waals surface area (Å²) in [6.07, 6.45) is 1.14. The molecule has 11 heteroatoms. The number of carbonyl (C=O) groups is 2. The van der Waals surface area contributed by atoms with Gasteiger partial charge in [0.05, 0.1) is 30.5 Å². The van der Waals surface area contributed by atoms with Crippen LogP contribution in [0.5, 0.6) is 11.5 Å². The second-order valence-electron chi connectivity index (χ2n) is 9.73. The third-order valence-corrected chi connectivity index (χ3v) is 6.23. The lowest BCUT2D eigenvalue weighted by Crippen LogP contribution is -2.50. The minimum atomic E-state index is -1.91. The van der Waals surface area contributed by atoms with Crippen molar-refractivity contribution in [2.75, 3.05) is 26.8 Å². The average Bonchev–Trinajstić information content (AvgIpc) is 2.85. The first-order valence-electron chi connectivity index (χ1n) is 11.4. The van der Waals surface area contributed by atoms with Gasteiger partial charge in [0.25, 0.3) is 5.91 Å². The van der Waals surface area contributed by atoms with E-state index in [2.05, 4.69) is 6.07 Å². The molecule has 37 heavy (non-hydrogen) atoms. The van der Waals surface area contributed by atoms with E-state index < -0.39 is 34.9 Å². The topological polar surface area (TPSA) is 188 Å². The Balaban J connectivity index is 2.18. The van der Waals surface area contributed by atoms with Crippen molar-refractivity contribution in [3.63, 3.8) is 0 Å². The highest BCUT2D eigenvalue weighted by Gasteiger charge is 2.55. The number of rotatable bonds is 5. The van der Waals surface area contributed by atoms with E-state index in [1.165, 1.54) is 18.1 Å². The first-order valence-corrected chi connectivity index (χ1v) is 11.4. The fourth-order valence-corrected chi connectivity index (χ4v) is 4.68. The Morgan fingerprint density at radius 3 is 2.41 bits per heavy atom. The molecule has 0 radical (unpaired) electrons. The molecule has 1 aliphatic heterocycles. The molecule has 0 spiro atoms. The fraction of sp³-hybridized carbons (Fsp3) is 0.423. The second-order valence-corrected chi connectivity index (χ2v) is 9.73. The number of primary amides is 1.